The molecular weight excluding hydrogens is 306 g/mol. The van der Waals surface area contributed by atoms with E-state index in [2.05, 4.69) is 40.2 Å². The van der Waals surface area contributed by atoms with Gasteiger partial charge >= 0.3 is 0 Å². The fourth-order valence-corrected chi connectivity index (χ4v) is 3.46. The zero-order chi connectivity index (χ0) is 16.4. The fourth-order valence-electron chi connectivity index (χ4n) is 3.12. The van der Waals surface area contributed by atoms with Gasteiger partial charge in [0.25, 0.3) is 0 Å². The lowest BCUT2D eigenvalue weighted by atomic mass is 10.1. The molecule has 3 rings (SSSR count). The molecular formula is C18H21N3OS. The standard InChI is InChI=1S/C18H21N3OS/c1-13(22)14-7-9-15(10-8-14)19-18(23)21-12-4-6-17(21)16-5-3-11-20(16)2/h3,5,7-11,17H,4,6,12H2,1-2H3,(H,19,23)/t17-/m1/s1. The van der Waals surface area contributed by atoms with Crippen LogP contribution >= 0.6 is 12.2 Å². The van der Waals surface area contributed by atoms with Crippen LogP contribution in [0.3, 0.4) is 0 Å². The predicted octanol–water partition coefficient (Wildman–Crippen LogP) is 3.76. The van der Waals surface area contributed by atoms with Gasteiger partial charge < -0.3 is 14.8 Å². The molecule has 0 unspecified atom stereocenters. The average Bonchev–Trinajstić information content (AvgIpc) is 3.15. The van der Waals surface area contributed by atoms with Crippen LogP contribution in [0.5, 0.6) is 0 Å². The van der Waals surface area contributed by atoms with Crippen molar-refractivity contribution in [2.45, 2.75) is 25.8 Å². The highest BCUT2D eigenvalue weighted by atomic mass is 32.1. The number of nitrogens with zero attached hydrogens (tertiary/aromatic N) is 2. The number of aryl methyl sites for hydroxylation is 1. The molecule has 0 bridgehead atoms. The molecule has 2 aromatic rings. The van der Waals surface area contributed by atoms with Gasteiger partial charge in [-0.15, -0.1) is 0 Å². The number of Topliss-reactive ketones (excluding diaryl/α,β-unsaturated/α-hetero) is 1. The molecule has 2 heterocycles. The molecule has 1 aromatic carbocycles. The first kappa shape index (κ1) is 15.7. The zero-order valence-electron chi connectivity index (χ0n) is 13.5. The van der Waals surface area contributed by atoms with E-state index in [0.29, 0.717) is 11.6 Å². The third-order valence-corrected chi connectivity index (χ3v) is 4.72. The van der Waals surface area contributed by atoms with Crippen LogP contribution in [0, 0.1) is 0 Å². The van der Waals surface area contributed by atoms with Crippen LogP contribution in [0.2, 0.25) is 0 Å². The maximum absolute atomic E-state index is 11.3. The number of benzene rings is 1. The summed E-state index contributed by atoms with van der Waals surface area (Å²) in [6.07, 6.45) is 4.33. The van der Waals surface area contributed by atoms with E-state index in [0.717, 1.165) is 30.2 Å². The van der Waals surface area contributed by atoms with Crippen LogP contribution in [0.4, 0.5) is 5.69 Å². The maximum atomic E-state index is 11.3. The average molecular weight is 327 g/mol. The number of carbonyl (C=O) groups is 1. The van der Waals surface area contributed by atoms with Crippen molar-refractivity contribution in [3.63, 3.8) is 0 Å². The second kappa shape index (κ2) is 6.54. The van der Waals surface area contributed by atoms with E-state index in [1.165, 1.54) is 5.69 Å². The van der Waals surface area contributed by atoms with E-state index >= 15 is 0 Å². The van der Waals surface area contributed by atoms with E-state index < -0.39 is 0 Å². The van der Waals surface area contributed by atoms with Gasteiger partial charge in [-0.3, -0.25) is 4.79 Å². The topological polar surface area (TPSA) is 37.3 Å². The van der Waals surface area contributed by atoms with Crippen molar-refractivity contribution in [1.29, 1.82) is 0 Å². The Balaban J connectivity index is 1.72. The van der Waals surface area contributed by atoms with E-state index in [9.17, 15) is 4.79 Å². The molecule has 1 fully saturated rings. The molecule has 0 saturated carbocycles. The molecule has 4 nitrogen and oxygen atoms in total. The van der Waals surface area contributed by atoms with Gasteiger partial charge in [-0.2, -0.15) is 0 Å². The first-order chi connectivity index (χ1) is 11.1. The van der Waals surface area contributed by atoms with Crippen molar-refractivity contribution in [2.24, 2.45) is 7.05 Å². The van der Waals surface area contributed by atoms with Crippen LogP contribution in [0.1, 0.15) is 41.9 Å². The molecule has 1 aromatic heterocycles. The molecule has 120 valence electrons. The van der Waals surface area contributed by atoms with Crippen molar-refractivity contribution < 1.29 is 4.79 Å². The number of nitrogens with one attached hydrogen (secondary N) is 1. The summed E-state index contributed by atoms with van der Waals surface area (Å²) in [5.41, 5.74) is 2.92. The summed E-state index contributed by atoms with van der Waals surface area (Å²) >= 11 is 5.61. The molecule has 0 radical (unpaired) electrons. The molecule has 1 atom stereocenters. The van der Waals surface area contributed by atoms with Crippen molar-refractivity contribution in [1.82, 2.24) is 9.47 Å². The van der Waals surface area contributed by atoms with Crippen LogP contribution in [-0.4, -0.2) is 26.9 Å². The minimum atomic E-state index is 0.0717. The Morgan fingerprint density at radius 1 is 1.26 bits per heavy atom. The lowest BCUT2D eigenvalue weighted by molar-refractivity contribution is 0.101. The van der Waals surface area contributed by atoms with Crippen molar-refractivity contribution in [2.75, 3.05) is 11.9 Å². The van der Waals surface area contributed by atoms with E-state index in [-0.39, 0.29) is 5.78 Å². The number of thiocarbonyl (C=S) groups is 1. The van der Waals surface area contributed by atoms with Crippen LogP contribution in [0.15, 0.2) is 42.6 Å². The molecule has 5 heteroatoms. The highest BCUT2D eigenvalue weighted by molar-refractivity contribution is 7.80. The molecule has 1 saturated heterocycles. The number of ketones is 1. The molecule has 1 aliphatic rings. The van der Waals surface area contributed by atoms with Crippen molar-refractivity contribution >= 4 is 28.8 Å². The Morgan fingerprint density at radius 2 is 2.00 bits per heavy atom. The third-order valence-electron chi connectivity index (χ3n) is 4.38. The Labute approximate surface area is 142 Å². The fraction of sp³-hybridized carbons (Fsp3) is 0.333. The summed E-state index contributed by atoms with van der Waals surface area (Å²) in [6.45, 7) is 2.54. The first-order valence-electron chi connectivity index (χ1n) is 7.86. The van der Waals surface area contributed by atoms with Gasteiger partial charge in [-0.1, -0.05) is 0 Å². The second-order valence-corrected chi connectivity index (χ2v) is 6.35. The highest BCUT2D eigenvalue weighted by Gasteiger charge is 2.29. The second-order valence-electron chi connectivity index (χ2n) is 5.96. The summed E-state index contributed by atoms with van der Waals surface area (Å²) in [5.74, 6) is 0.0717. The smallest absolute Gasteiger partial charge is 0.173 e. The van der Waals surface area contributed by atoms with Crippen LogP contribution in [-0.2, 0) is 7.05 Å². The van der Waals surface area contributed by atoms with Crippen molar-refractivity contribution in [3.05, 3.63) is 53.9 Å². The van der Waals surface area contributed by atoms with Crippen LogP contribution < -0.4 is 5.32 Å². The normalized spacial score (nSPS) is 17.3. The maximum Gasteiger partial charge on any atom is 0.173 e. The van der Waals surface area contributed by atoms with E-state index in [1.807, 2.05) is 24.3 Å². The number of likely N-dealkylation sites (tertiary alicyclic amines) is 1. The Bertz CT molecular complexity index is 720. The summed E-state index contributed by atoms with van der Waals surface area (Å²) in [6, 6.07) is 12.0. The molecule has 0 aliphatic carbocycles. The van der Waals surface area contributed by atoms with Crippen molar-refractivity contribution in [3.8, 4) is 0 Å². The number of hydrogen-bond donors (Lipinski definition) is 1. The number of hydrogen-bond acceptors (Lipinski definition) is 2. The summed E-state index contributed by atoms with van der Waals surface area (Å²) in [5, 5.41) is 4.04. The Hall–Kier alpha value is -2.14. The highest BCUT2D eigenvalue weighted by Crippen LogP contribution is 2.32. The minimum absolute atomic E-state index is 0.0717. The zero-order valence-corrected chi connectivity index (χ0v) is 14.3. The molecule has 0 spiro atoms. The first-order valence-corrected chi connectivity index (χ1v) is 8.27. The summed E-state index contributed by atoms with van der Waals surface area (Å²) in [7, 11) is 2.07. The lowest BCUT2D eigenvalue weighted by Gasteiger charge is -2.28. The van der Waals surface area contributed by atoms with Gasteiger partial charge in [0.2, 0.25) is 0 Å². The van der Waals surface area contributed by atoms with Crippen LogP contribution in [0.25, 0.3) is 0 Å². The molecule has 0 amide bonds. The SMILES string of the molecule is CC(=O)c1ccc(NC(=S)N2CCC[C@@H]2c2cccn2C)cc1. The number of rotatable bonds is 3. The predicted molar refractivity (Wildman–Crippen MR) is 96.8 cm³/mol. The minimum Gasteiger partial charge on any atom is -0.353 e. The van der Waals surface area contributed by atoms with Gasteiger partial charge in [0, 0.05) is 36.7 Å². The summed E-state index contributed by atoms with van der Waals surface area (Å²) < 4.78 is 2.16. The summed E-state index contributed by atoms with van der Waals surface area (Å²) in [4.78, 5) is 13.6. The quantitative estimate of drug-likeness (QED) is 0.688. The van der Waals surface area contributed by atoms with E-state index in [1.54, 1.807) is 6.92 Å². The molecule has 23 heavy (non-hydrogen) atoms. The largest absolute Gasteiger partial charge is 0.353 e. The van der Waals surface area contributed by atoms with Gasteiger partial charge in [-0.05, 0) is 68.4 Å². The number of aromatic nitrogens is 1. The van der Waals surface area contributed by atoms with Gasteiger partial charge in [-0.25, -0.2) is 0 Å². The van der Waals surface area contributed by atoms with E-state index in [4.69, 9.17) is 12.2 Å². The Morgan fingerprint density at radius 3 is 2.61 bits per heavy atom. The van der Waals surface area contributed by atoms with Gasteiger partial charge in [0.15, 0.2) is 10.9 Å². The van der Waals surface area contributed by atoms with Gasteiger partial charge in [0.1, 0.15) is 0 Å². The third kappa shape index (κ3) is 3.29. The monoisotopic (exact) mass is 327 g/mol. The molecule has 1 aliphatic heterocycles. The number of anilines is 1. The Kier molecular flexibility index (Phi) is 4.48. The number of carbonyl (C=O) groups excluding carboxylic acids is 1. The lowest BCUT2D eigenvalue weighted by Crippen LogP contribution is -2.34. The van der Waals surface area contributed by atoms with Gasteiger partial charge in [0.05, 0.1) is 6.04 Å². The molecule has 1 N–H and O–H groups in total.